The second kappa shape index (κ2) is 6.40. The maximum Gasteiger partial charge on any atom is 0.0415 e. The molecule has 1 aliphatic rings. The van der Waals surface area contributed by atoms with Gasteiger partial charge in [-0.2, -0.15) is 0 Å². The van der Waals surface area contributed by atoms with E-state index in [2.05, 4.69) is 54.8 Å². The molecule has 1 atom stereocenters. The summed E-state index contributed by atoms with van der Waals surface area (Å²) < 4.78 is 0. The van der Waals surface area contributed by atoms with E-state index in [-0.39, 0.29) is 6.04 Å². The largest absolute Gasteiger partial charge is 0.369 e. The molecule has 19 heavy (non-hydrogen) atoms. The molecule has 1 aromatic rings. The number of nitrogens with two attached hydrogens (primary N) is 1. The number of anilines is 1. The van der Waals surface area contributed by atoms with E-state index >= 15 is 0 Å². The Kier molecular flexibility index (Phi) is 4.83. The predicted octanol–water partition coefficient (Wildman–Crippen LogP) is 2.63. The summed E-state index contributed by atoms with van der Waals surface area (Å²) in [5.74, 6) is 0. The van der Waals surface area contributed by atoms with Gasteiger partial charge in [-0.1, -0.05) is 25.1 Å². The van der Waals surface area contributed by atoms with E-state index in [1.807, 2.05) is 0 Å². The normalized spacial score (nSPS) is 18.9. The second-order valence-electron chi connectivity index (χ2n) is 5.69. The fourth-order valence-electron chi connectivity index (χ4n) is 2.79. The second-order valence-corrected chi connectivity index (χ2v) is 5.69. The van der Waals surface area contributed by atoms with Crippen LogP contribution in [0.1, 0.15) is 38.8 Å². The molecule has 0 amide bonds. The minimum absolute atomic E-state index is 0.152. The molecule has 2 N–H and O–H groups in total. The Labute approximate surface area is 117 Å². The molecule has 1 fully saturated rings. The molecule has 3 nitrogen and oxygen atoms in total. The third kappa shape index (κ3) is 3.28. The van der Waals surface area contributed by atoms with Gasteiger partial charge in [0.2, 0.25) is 0 Å². The average Bonchev–Trinajstić information content (AvgIpc) is 2.46. The number of rotatable bonds is 4. The highest BCUT2D eigenvalue weighted by molar-refractivity contribution is 5.55. The highest BCUT2D eigenvalue weighted by Gasteiger charge is 2.21. The Morgan fingerprint density at radius 1 is 1.11 bits per heavy atom. The van der Waals surface area contributed by atoms with Gasteiger partial charge in [-0.25, -0.2) is 0 Å². The van der Waals surface area contributed by atoms with Crippen molar-refractivity contribution in [3.05, 3.63) is 29.8 Å². The zero-order valence-electron chi connectivity index (χ0n) is 12.5. The molecule has 1 heterocycles. The van der Waals surface area contributed by atoms with Crippen molar-refractivity contribution in [2.24, 2.45) is 5.73 Å². The molecule has 0 aliphatic carbocycles. The van der Waals surface area contributed by atoms with Gasteiger partial charge in [0.05, 0.1) is 0 Å². The molecule has 1 aliphatic heterocycles. The van der Waals surface area contributed by atoms with Crippen molar-refractivity contribution in [1.29, 1.82) is 0 Å². The van der Waals surface area contributed by atoms with Crippen molar-refractivity contribution in [3.8, 4) is 0 Å². The molecule has 1 aromatic carbocycles. The van der Waals surface area contributed by atoms with Gasteiger partial charge < -0.3 is 10.6 Å². The molecule has 1 saturated heterocycles. The van der Waals surface area contributed by atoms with Crippen LogP contribution in [-0.4, -0.2) is 37.1 Å². The Morgan fingerprint density at radius 2 is 1.74 bits per heavy atom. The third-order valence-corrected chi connectivity index (χ3v) is 4.16. The topological polar surface area (TPSA) is 32.5 Å². The molecule has 0 saturated carbocycles. The molecule has 0 unspecified atom stereocenters. The minimum atomic E-state index is 0.152. The van der Waals surface area contributed by atoms with Gasteiger partial charge in [-0.05, 0) is 31.9 Å². The average molecular weight is 261 g/mol. The molecule has 2 rings (SSSR count). The monoisotopic (exact) mass is 261 g/mol. The summed E-state index contributed by atoms with van der Waals surface area (Å²) in [6, 6.07) is 9.41. The summed E-state index contributed by atoms with van der Waals surface area (Å²) in [5.41, 5.74) is 8.87. The first-order valence-corrected chi connectivity index (χ1v) is 7.47. The van der Waals surface area contributed by atoms with Gasteiger partial charge in [0.25, 0.3) is 0 Å². The fraction of sp³-hybridized carbons (Fsp3) is 0.625. The maximum atomic E-state index is 6.24. The molecule has 106 valence electrons. The van der Waals surface area contributed by atoms with Gasteiger partial charge in [0.15, 0.2) is 0 Å². The van der Waals surface area contributed by atoms with Crippen LogP contribution in [0.3, 0.4) is 0 Å². The lowest BCUT2D eigenvalue weighted by Crippen LogP contribution is -2.49. The molecule has 3 heteroatoms. The van der Waals surface area contributed by atoms with Crippen LogP contribution in [0, 0.1) is 0 Å². The van der Waals surface area contributed by atoms with Crippen LogP contribution in [0.4, 0.5) is 5.69 Å². The fourth-order valence-corrected chi connectivity index (χ4v) is 2.79. The number of para-hydroxylation sites is 1. The van der Waals surface area contributed by atoms with Crippen molar-refractivity contribution >= 4 is 5.69 Å². The lowest BCUT2D eigenvalue weighted by atomic mass is 10.0. The Bertz CT molecular complexity index is 395. The van der Waals surface area contributed by atoms with Gasteiger partial charge >= 0.3 is 0 Å². The van der Waals surface area contributed by atoms with Crippen molar-refractivity contribution in [2.75, 3.05) is 31.1 Å². The van der Waals surface area contributed by atoms with E-state index in [1.54, 1.807) is 0 Å². The van der Waals surface area contributed by atoms with E-state index in [0.29, 0.717) is 6.04 Å². The molecular weight excluding hydrogens is 234 g/mol. The molecular formula is C16H27N3. The van der Waals surface area contributed by atoms with E-state index < -0.39 is 0 Å². The third-order valence-electron chi connectivity index (χ3n) is 4.16. The zero-order valence-corrected chi connectivity index (χ0v) is 12.5. The summed E-state index contributed by atoms with van der Waals surface area (Å²) in [6.45, 7) is 11.2. The lowest BCUT2D eigenvalue weighted by molar-refractivity contribution is 0.209. The Balaban J connectivity index is 2.11. The van der Waals surface area contributed by atoms with Crippen LogP contribution >= 0.6 is 0 Å². The quantitative estimate of drug-likeness (QED) is 0.904. The van der Waals surface area contributed by atoms with Crippen molar-refractivity contribution in [1.82, 2.24) is 4.90 Å². The number of hydrogen-bond donors (Lipinski definition) is 1. The van der Waals surface area contributed by atoms with Crippen LogP contribution < -0.4 is 10.6 Å². The van der Waals surface area contributed by atoms with E-state index in [9.17, 15) is 0 Å². The zero-order chi connectivity index (χ0) is 13.8. The number of hydrogen-bond acceptors (Lipinski definition) is 3. The van der Waals surface area contributed by atoms with Gasteiger partial charge in [0, 0.05) is 44.0 Å². The number of nitrogens with zero attached hydrogens (tertiary/aromatic N) is 2. The first kappa shape index (κ1) is 14.4. The standard InChI is InChI=1S/C16H27N3/c1-4-15(17)14-7-5-6-8-16(14)19-11-9-18(10-12-19)13(2)3/h5-8,13,15H,4,9-12,17H2,1-3H3/t15-/m1/s1. The number of benzene rings is 1. The van der Waals surface area contributed by atoms with Crippen molar-refractivity contribution in [2.45, 2.75) is 39.3 Å². The molecule has 0 spiro atoms. The summed E-state index contributed by atoms with van der Waals surface area (Å²) >= 11 is 0. The van der Waals surface area contributed by atoms with Gasteiger partial charge in [-0.15, -0.1) is 0 Å². The van der Waals surface area contributed by atoms with Crippen LogP contribution in [0.15, 0.2) is 24.3 Å². The van der Waals surface area contributed by atoms with Crippen molar-refractivity contribution < 1.29 is 0 Å². The van der Waals surface area contributed by atoms with Gasteiger partial charge in [0.1, 0.15) is 0 Å². The molecule has 0 aromatic heterocycles. The van der Waals surface area contributed by atoms with E-state index in [0.717, 1.165) is 32.6 Å². The van der Waals surface area contributed by atoms with Crippen LogP contribution in [0.2, 0.25) is 0 Å². The predicted molar refractivity (Wildman–Crippen MR) is 82.6 cm³/mol. The highest BCUT2D eigenvalue weighted by atomic mass is 15.3. The van der Waals surface area contributed by atoms with Crippen LogP contribution in [0.5, 0.6) is 0 Å². The summed E-state index contributed by atoms with van der Waals surface area (Å²) in [5, 5.41) is 0. The van der Waals surface area contributed by atoms with E-state index in [1.165, 1.54) is 11.3 Å². The Hall–Kier alpha value is -1.06. The Morgan fingerprint density at radius 3 is 2.32 bits per heavy atom. The minimum Gasteiger partial charge on any atom is -0.369 e. The van der Waals surface area contributed by atoms with Crippen LogP contribution in [-0.2, 0) is 0 Å². The summed E-state index contributed by atoms with van der Waals surface area (Å²) in [6.07, 6.45) is 0.989. The van der Waals surface area contributed by atoms with Crippen LogP contribution in [0.25, 0.3) is 0 Å². The SMILES string of the molecule is CC[C@@H](N)c1ccccc1N1CCN(C(C)C)CC1. The first-order chi connectivity index (χ1) is 9.13. The smallest absolute Gasteiger partial charge is 0.0415 e. The molecule has 0 radical (unpaired) electrons. The van der Waals surface area contributed by atoms with Gasteiger partial charge in [-0.3, -0.25) is 4.90 Å². The summed E-state index contributed by atoms with van der Waals surface area (Å²) in [7, 11) is 0. The lowest BCUT2D eigenvalue weighted by Gasteiger charge is -2.39. The van der Waals surface area contributed by atoms with E-state index in [4.69, 9.17) is 5.73 Å². The van der Waals surface area contributed by atoms with Crippen molar-refractivity contribution in [3.63, 3.8) is 0 Å². The maximum absolute atomic E-state index is 6.24. The highest BCUT2D eigenvalue weighted by Crippen LogP contribution is 2.27. The molecule has 0 bridgehead atoms. The summed E-state index contributed by atoms with van der Waals surface area (Å²) in [4.78, 5) is 5.03. The first-order valence-electron chi connectivity index (χ1n) is 7.47. The number of piperazine rings is 1.